The number of rotatable bonds is 7. The van der Waals surface area contributed by atoms with Gasteiger partial charge in [-0.15, -0.1) is 5.10 Å². The van der Waals surface area contributed by atoms with Crippen LogP contribution in [0.3, 0.4) is 0 Å². The lowest BCUT2D eigenvalue weighted by atomic mass is 10.0. The lowest BCUT2D eigenvalue weighted by Crippen LogP contribution is -2.49. The van der Waals surface area contributed by atoms with E-state index >= 15 is 0 Å². The van der Waals surface area contributed by atoms with Crippen molar-refractivity contribution >= 4 is 32.7 Å². The largest absolute Gasteiger partial charge is 0.383 e. The van der Waals surface area contributed by atoms with Crippen LogP contribution in [-0.4, -0.2) is 59.9 Å². The molecule has 1 N–H and O–H groups in total. The molecule has 0 aliphatic carbocycles. The number of aromatic nitrogens is 3. The molecular formula is C23H29N5O4S. The number of sulfonamides is 1. The van der Waals surface area contributed by atoms with E-state index in [2.05, 4.69) is 15.6 Å². The van der Waals surface area contributed by atoms with E-state index in [1.54, 1.807) is 23.9 Å². The van der Waals surface area contributed by atoms with Crippen molar-refractivity contribution < 1.29 is 17.9 Å². The Morgan fingerprint density at radius 1 is 1.18 bits per heavy atom. The number of ether oxygens (including phenoxy) is 1. The summed E-state index contributed by atoms with van der Waals surface area (Å²) in [7, 11) is -2.29. The first-order valence-electron chi connectivity index (χ1n) is 11.0. The van der Waals surface area contributed by atoms with Crippen LogP contribution in [-0.2, 0) is 26.1 Å². The number of benzene rings is 2. The molecule has 0 unspecified atom stereocenters. The maximum atomic E-state index is 13.6. The number of nitrogens with one attached hydrogen (secondary N) is 1. The van der Waals surface area contributed by atoms with Gasteiger partial charge in [0.05, 0.1) is 23.6 Å². The molecule has 0 bridgehead atoms. The van der Waals surface area contributed by atoms with Gasteiger partial charge in [0.1, 0.15) is 11.6 Å². The number of fused-ring (bicyclic) bond motifs is 1. The summed E-state index contributed by atoms with van der Waals surface area (Å²) in [4.78, 5) is 13.3. The van der Waals surface area contributed by atoms with Crippen LogP contribution in [0.4, 0.5) is 5.69 Å². The lowest BCUT2D eigenvalue weighted by Gasteiger charge is -2.33. The number of piperidine rings is 1. The zero-order valence-electron chi connectivity index (χ0n) is 19.1. The highest BCUT2D eigenvalue weighted by Gasteiger charge is 2.38. The quantitative estimate of drug-likeness (QED) is 0.568. The monoisotopic (exact) mass is 471 g/mol. The van der Waals surface area contributed by atoms with Gasteiger partial charge in [0, 0.05) is 19.3 Å². The molecular weight excluding hydrogens is 442 g/mol. The summed E-state index contributed by atoms with van der Waals surface area (Å²) < 4.78 is 35.3. The number of aryl methyl sites for hydroxylation is 2. The third kappa shape index (κ3) is 4.64. The summed E-state index contributed by atoms with van der Waals surface area (Å²) in [5.74, 6) is -0.303. The van der Waals surface area contributed by atoms with Gasteiger partial charge >= 0.3 is 0 Å². The van der Waals surface area contributed by atoms with Crippen LogP contribution < -0.4 is 5.32 Å². The minimum Gasteiger partial charge on any atom is -0.383 e. The van der Waals surface area contributed by atoms with Crippen molar-refractivity contribution in [3.8, 4) is 0 Å². The third-order valence-corrected chi connectivity index (χ3v) is 7.99. The number of anilines is 1. The minimum atomic E-state index is -3.90. The second kappa shape index (κ2) is 9.58. The molecule has 1 aliphatic heterocycles. The molecule has 3 aromatic rings. The molecule has 176 valence electrons. The van der Waals surface area contributed by atoms with Gasteiger partial charge in [0.15, 0.2) is 0 Å². The summed E-state index contributed by atoms with van der Waals surface area (Å²) >= 11 is 0. The molecule has 1 saturated heterocycles. The van der Waals surface area contributed by atoms with E-state index in [9.17, 15) is 13.2 Å². The van der Waals surface area contributed by atoms with Gasteiger partial charge in [-0.05, 0) is 56.0 Å². The van der Waals surface area contributed by atoms with Gasteiger partial charge in [-0.2, -0.15) is 4.31 Å². The predicted octanol–water partition coefficient (Wildman–Crippen LogP) is 2.88. The third-order valence-electron chi connectivity index (χ3n) is 6.08. The van der Waals surface area contributed by atoms with Gasteiger partial charge in [-0.3, -0.25) is 4.79 Å². The zero-order valence-corrected chi connectivity index (χ0v) is 19.9. The molecule has 2 heterocycles. The molecule has 1 amide bonds. The number of carbonyl (C=O) groups is 1. The summed E-state index contributed by atoms with van der Waals surface area (Å²) in [5.41, 5.74) is 3.83. The smallest absolute Gasteiger partial charge is 0.243 e. The Kier molecular flexibility index (Phi) is 6.78. The van der Waals surface area contributed by atoms with Crippen molar-refractivity contribution in [1.29, 1.82) is 0 Å². The Morgan fingerprint density at radius 3 is 2.67 bits per heavy atom. The van der Waals surface area contributed by atoms with Crippen molar-refractivity contribution in [2.24, 2.45) is 0 Å². The normalized spacial score (nSPS) is 17.4. The standard InChI is InChI=1S/C23H29N5O4S/c1-16-7-6-8-17(2)22(16)24-23(29)21-9-4-5-12-28(21)33(30,31)18-10-11-20-19(15-18)25-26-27(20)13-14-32-3/h6-8,10-11,15,21H,4-5,9,12-14H2,1-3H3,(H,24,29)/t21-/m0/s1. The van der Waals surface area contributed by atoms with Crippen LogP contribution in [0.2, 0.25) is 0 Å². The fourth-order valence-corrected chi connectivity index (χ4v) is 5.94. The average molecular weight is 472 g/mol. The van der Waals surface area contributed by atoms with Crippen LogP contribution in [0.25, 0.3) is 11.0 Å². The van der Waals surface area contributed by atoms with Gasteiger partial charge in [-0.1, -0.05) is 29.8 Å². The van der Waals surface area contributed by atoms with Gasteiger partial charge in [0.2, 0.25) is 15.9 Å². The molecule has 0 saturated carbocycles. The van der Waals surface area contributed by atoms with Crippen LogP contribution in [0.1, 0.15) is 30.4 Å². The second-order valence-electron chi connectivity index (χ2n) is 8.34. The molecule has 0 radical (unpaired) electrons. The SMILES string of the molecule is COCCn1nnc2cc(S(=O)(=O)N3CCCC[C@H]3C(=O)Nc3c(C)cccc3C)ccc21. The molecule has 10 heteroatoms. The fourth-order valence-electron chi connectivity index (χ4n) is 4.26. The molecule has 2 aromatic carbocycles. The van der Waals surface area contributed by atoms with E-state index in [0.717, 1.165) is 28.8 Å². The molecule has 1 aromatic heterocycles. The number of amides is 1. The van der Waals surface area contributed by atoms with Crippen LogP contribution in [0.15, 0.2) is 41.3 Å². The number of nitrogens with zero attached hydrogens (tertiary/aromatic N) is 4. The van der Waals surface area contributed by atoms with Crippen molar-refractivity contribution in [2.45, 2.75) is 50.6 Å². The highest BCUT2D eigenvalue weighted by Crippen LogP contribution is 2.29. The summed E-state index contributed by atoms with van der Waals surface area (Å²) in [5, 5.41) is 11.2. The molecule has 1 aliphatic rings. The number of hydrogen-bond acceptors (Lipinski definition) is 6. The summed E-state index contributed by atoms with van der Waals surface area (Å²) in [6, 6.07) is 9.79. The number of para-hydroxylation sites is 1. The van der Waals surface area contributed by atoms with E-state index in [0.29, 0.717) is 38.1 Å². The van der Waals surface area contributed by atoms with Crippen molar-refractivity contribution in [2.75, 3.05) is 25.6 Å². The molecule has 1 fully saturated rings. The van der Waals surface area contributed by atoms with Crippen molar-refractivity contribution in [1.82, 2.24) is 19.3 Å². The summed E-state index contributed by atoms with van der Waals surface area (Å²) in [6.45, 7) is 5.14. The zero-order chi connectivity index (χ0) is 23.6. The minimum absolute atomic E-state index is 0.112. The molecule has 9 nitrogen and oxygen atoms in total. The maximum absolute atomic E-state index is 13.6. The first-order chi connectivity index (χ1) is 15.8. The second-order valence-corrected chi connectivity index (χ2v) is 10.2. The van der Waals surface area contributed by atoms with Crippen molar-refractivity contribution in [3.05, 3.63) is 47.5 Å². The van der Waals surface area contributed by atoms with Crippen molar-refractivity contribution in [3.63, 3.8) is 0 Å². The first kappa shape index (κ1) is 23.3. The Morgan fingerprint density at radius 2 is 1.94 bits per heavy atom. The average Bonchev–Trinajstić information content (AvgIpc) is 3.22. The van der Waals surface area contributed by atoms with Crippen LogP contribution in [0, 0.1) is 13.8 Å². The highest BCUT2D eigenvalue weighted by atomic mass is 32.2. The molecule has 1 atom stereocenters. The number of methoxy groups -OCH3 is 1. The Hall–Kier alpha value is -2.82. The van der Waals surface area contributed by atoms with Gasteiger partial charge in [-0.25, -0.2) is 13.1 Å². The van der Waals surface area contributed by atoms with Crippen LogP contribution >= 0.6 is 0 Å². The molecule has 33 heavy (non-hydrogen) atoms. The predicted molar refractivity (Wildman–Crippen MR) is 125 cm³/mol. The Labute approximate surface area is 193 Å². The lowest BCUT2D eigenvalue weighted by molar-refractivity contribution is -0.120. The highest BCUT2D eigenvalue weighted by molar-refractivity contribution is 7.89. The summed E-state index contributed by atoms with van der Waals surface area (Å²) in [6.07, 6.45) is 1.98. The molecule has 0 spiro atoms. The topological polar surface area (TPSA) is 106 Å². The van der Waals surface area contributed by atoms with E-state index < -0.39 is 16.1 Å². The Bertz CT molecular complexity index is 1250. The first-order valence-corrected chi connectivity index (χ1v) is 12.5. The van der Waals surface area contributed by atoms with Gasteiger partial charge in [0.25, 0.3) is 0 Å². The van der Waals surface area contributed by atoms with E-state index in [1.165, 1.54) is 10.4 Å². The molecule has 4 rings (SSSR count). The maximum Gasteiger partial charge on any atom is 0.243 e. The fraction of sp³-hybridized carbons (Fsp3) is 0.435. The number of hydrogen-bond donors (Lipinski definition) is 1. The van der Waals surface area contributed by atoms with Gasteiger partial charge < -0.3 is 10.1 Å². The van der Waals surface area contributed by atoms with E-state index in [-0.39, 0.29) is 10.8 Å². The number of carbonyl (C=O) groups excluding carboxylic acids is 1. The van der Waals surface area contributed by atoms with Crippen LogP contribution in [0.5, 0.6) is 0 Å². The van der Waals surface area contributed by atoms with E-state index in [1.807, 2.05) is 32.0 Å². The van der Waals surface area contributed by atoms with E-state index in [4.69, 9.17) is 4.74 Å². The Balaban J connectivity index is 1.62.